The van der Waals surface area contributed by atoms with Crippen molar-refractivity contribution in [1.82, 2.24) is 14.9 Å². The van der Waals surface area contributed by atoms with Crippen LogP contribution >= 0.6 is 11.9 Å². The Kier molecular flexibility index (Phi) is 10.9. The number of nitrogens with one attached hydrogen (secondary N) is 2. The number of aliphatic imine (C=N–C) groups is 1. The van der Waals surface area contributed by atoms with E-state index < -0.39 is 6.17 Å². The third-order valence-corrected chi connectivity index (χ3v) is 7.70. The highest BCUT2D eigenvalue weighted by atomic mass is 32.2. The summed E-state index contributed by atoms with van der Waals surface area (Å²) in [6, 6.07) is 0. The van der Waals surface area contributed by atoms with Gasteiger partial charge in [0.15, 0.2) is 0 Å². The first-order chi connectivity index (χ1) is 17.0. The van der Waals surface area contributed by atoms with Gasteiger partial charge < -0.3 is 14.9 Å². The van der Waals surface area contributed by atoms with Crippen molar-refractivity contribution < 1.29 is 9.18 Å². The fourth-order valence-electron chi connectivity index (χ4n) is 4.28. The topological polar surface area (TPSA) is 56.7 Å². The average Bonchev–Trinajstić information content (AvgIpc) is 3.09. The molecule has 0 radical (unpaired) electrons. The van der Waals surface area contributed by atoms with Gasteiger partial charge in [0, 0.05) is 61.6 Å². The molecule has 7 heteroatoms. The lowest BCUT2D eigenvalue weighted by Gasteiger charge is -2.28. The second-order valence-electron chi connectivity index (χ2n) is 9.24. The number of rotatable bonds is 11. The maximum atomic E-state index is 13.4. The van der Waals surface area contributed by atoms with Gasteiger partial charge in [0.1, 0.15) is 6.17 Å². The molecule has 0 bridgehead atoms. The fourth-order valence-corrected chi connectivity index (χ4v) is 5.37. The van der Waals surface area contributed by atoms with E-state index in [1.165, 1.54) is 11.1 Å². The number of halogens is 1. The van der Waals surface area contributed by atoms with Crippen LogP contribution in [0.2, 0.25) is 0 Å². The lowest BCUT2D eigenvalue weighted by Crippen LogP contribution is -2.33. The first-order valence-electron chi connectivity index (χ1n) is 12.7. The fraction of sp³-hybridized carbons (Fsp3) is 0.500. The van der Waals surface area contributed by atoms with Crippen LogP contribution in [0, 0.1) is 5.92 Å². The normalized spacial score (nSPS) is 23.1. The third-order valence-electron chi connectivity index (χ3n) is 6.57. The zero-order valence-corrected chi connectivity index (χ0v) is 22.0. The number of hydrogen-bond donors (Lipinski definition) is 2. The first kappa shape index (κ1) is 27.1. The van der Waals surface area contributed by atoms with Gasteiger partial charge in [0.2, 0.25) is 5.91 Å². The summed E-state index contributed by atoms with van der Waals surface area (Å²) in [5.41, 5.74) is 4.69. The van der Waals surface area contributed by atoms with Gasteiger partial charge in [0.05, 0.1) is 6.54 Å². The standard InChI is InChI=1S/C28H39FN4OS/c1-4-21(2)20-28(34)33(19-18-31-17-16-30-3)25-13-8-22-6-5-7-27(26(22)15-14-25)35-32-24-11-9-23(29)10-12-24/h8-9,11-13,15-18,21,23,27,30,32H,4-7,10,14,19-20H2,1-3H3/b17-16-,31-18?. The summed E-state index contributed by atoms with van der Waals surface area (Å²) in [6.45, 7) is 4.70. The van der Waals surface area contributed by atoms with E-state index in [0.717, 1.165) is 37.1 Å². The van der Waals surface area contributed by atoms with Crippen molar-refractivity contribution in [3.8, 4) is 0 Å². The summed E-state index contributed by atoms with van der Waals surface area (Å²) in [5.74, 6) is 0.491. The summed E-state index contributed by atoms with van der Waals surface area (Å²) >= 11 is 1.71. The second-order valence-corrected chi connectivity index (χ2v) is 10.3. The number of carbonyl (C=O) groups is 1. The molecule has 0 saturated heterocycles. The van der Waals surface area contributed by atoms with Crippen LogP contribution < -0.4 is 10.0 Å². The predicted molar refractivity (Wildman–Crippen MR) is 146 cm³/mol. The number of amides is 1. The van der Waals surface area contributed by atoms with Gasteiger partial charge in [-0.1, -0.05) is 38.5 Å². The molecule has 5 nitrogen and oxygen atoms in total. The summed E-state index contributed by atoms with van der Waals surface area (Å²) in [5, 5.41) is 3.25. The van der Waals surface area contributed by atoms with Crippen LogP contribution in [0.25, 0.3) is 0 Å². The van der Waals surface area contributed by atoms with E-state index in [1.807, 2.05) is 24.1 Å². The maximum absolute atomic E-state index is 13.4. The van der Waals surface area contributed by atoms with Crippen LogP contribution in [0.5, 0.6) is 0 Å². The lowest BCUT2D eigenvalue weighted by molar-refractivity contribution is -0.129. The molecule has 3 aliphatic rings. The summed E-state index contributed by atoms with van der Waals surface area (Å²) < 4.78 is 16.8. The van der Waals surface area contributed by atoms with Crippen molar-refractivity contribution >= 4 is 24.1 Å². The lowest BCUT2D eigenvalue weighted by atomic mass is 9.89. The van der Waals surface area contributed by atoms with Gasteiger partial charge in [-0.3, -0.25) is 9.79 Å². The number of nitrogens with zero attached hydrogens (tertiary/aromatic N) is 2. The molecule has 1 fully saturated rings. The molecule has 3 rings (SSSR count). The molecule has 3 unspecified atom stereocenters. The molecule has 190 valence electrons. The predicted octanol–water partition coefficient (Wildman–Crippen LogP) is 6.13. The molecule has 2 N–H and O–H groups in total. The van der Waals surface area contributed by atoms with Crippen molar-refractivity contribution in [2.75, 3.05) is 13.6 Å². The minimum absolute atomic E-state index is 0.145. The molecule has 3 aliphatic carbocycles. The Hall–Kier alpha value is -2.54. The summed E-state index contributed by atoms with van der Waals surface area (Å²) in [4.78, 5) is 19.4. The van der Waals surface area contributed by atoms with Crippen molar-refractivity contribution in [1.29, 1.82) is 0 Å². The second kappa shape index (κ2) is 14.1. The molecule has 0 heterocycles. The minimum atomic E-state index is -0.876. The quantitative estimate of drug-likeness (QED) is 0.266. The van der Waals surface area contributed by atoms with E-state index in [-0.39, 0.29) is 5.91 Å². The van der Waals surface area contributed by atoms with Gasteiger partial charge in [-0.25, -0.2) is 4.39 Å². The number of fused-ring (bicyclic) bond motifs is 1. The Balaban J connectivity index is 1.72. The van der Waals surface area contributed by atoms with Crippen molar-refractivity contribution in [3.05, 3.63) is 71.4 Å². The number of carbonyl (C=O) groups excluding carboxylic acids is 1. The van der Waals surface area contributed by atoms with E-state index in [9.17, 15) is 9.18 Å². The monoisotopic (exact) mass is 498 g/mol. The Bertz CT molecular complexity index is 947. The Morgan fingerprint density at radius 2 is 2.23 bits per heavy atom. The van der Waals surface area contributed by atoms with Crippen molar-refractivity contribution in [3.63, 3.8) is 0 Å². The van der Waals surface area contributed by atoms with E-state index in [1.54, 1.807) is 36.6 Å². The molecular weight excluding hydrogens is 459 g/mol. The highest BCUT2D eigenvalue weighted by Gasteiger charge is 2.26. The average molecular weight is 499 g/mol. The number of hydrogen-bond acceptors (Lipinski definition) is 5. The SMILES string of the molecule is CCC(C)CC(=O)N(CC=N/C=C\NC)C1=CC=C2CCCC(SNC3=CCC(F)C=C3)C2=CC1. The molecule has 0 aromatic heterocycles. The molecule has 0 aliphatic heterocycles. The molecule has 1 amide bonds. The first-order valence-corrected chi connectivity index (χ1v) is 13.6. The van der Waals surface area contributed by atoms with Gasteiger partial charge in [-0.05, 0) is 66.5 Å². The highest BCUT2D eigenvalue weighted by molar-refractivity contribution is 7.98. The molecular formula is C28H39FN4OS. The van der Waals surface area contributed by atoms with E-state index >= 15 is 0 Å². The highest BCUT2D eigenvalue weighted by Crippen LogP contribution is 2.38. The third kappa shape index (κ3) is 8.27. The largest absolute Gasteiger partial charge is 0.393 e. The zero-order chi connectivity index (χ0) is 25.0. The molecule has 1 saturated carbocycles. The zero-order valence-electron chi connectivity index (χ0n) is 21.2. The molecule has 0 aromatic carbocycles. The van der Waals surface area contributed by atoms with Gasteiger partial charge in [-0.2, -0.15) is 0 Å². The Labute approximate surface area is 214 Å². The van der Waals surface area contributed by atoms with Gasteiger partial charge >= 0.3 is 0 Å². The van der Waals surface area contributed by atoms with Crippen molar-refractivity contribution in [2.24, 2.45) is 10.9 Å². The number of alkyl halides is 1. The molecule has 0 spiro atoms. The van der Waals surface area contributed by atoms with Crippen LogP contribution in [-0.2, 0) is 4.79 Å². The maximum Gasteiger partial charge on any atom is 0.227 e. The van der Waals surface area contributed by atoms with E-state index in [4.69, 9.17) is 0 Å². The van der Waals surface area contributed by atoms with E-state index in [2.05, 4.69) is 47.1 Å². The summed E-state index contributed by atoms with van der Waals surface area (Å²) in [7, 11) is 1.83. The van der Waals surface area contributed by atoms with Crippen molar-refractivity contribution in [2.45, 2.75) is 70.2 Å². The van der Waals surface area contributed by atoms with Crippen LogP contribution in [0.1, 0.15) is 58.8 Å². The smallest absolute Gasteiger partial charge is 0.227 e. The number of allylic oxidation sites excluding steroid dienone is 7. The Morgan fingerprint density at radius 3 is 2.97 bits per heavy atom. The van der Waals surface area contributed by atoms with Crippen LogP contribution in [0.4, 0.5) is 4.39 Å². The minimum Gasteiger partial charge on any atom is -0.393 e. The molecule has 35 heavy (non-hydrogen) atoms. The Morgan fingerprint density at radius 1 is 1.37 bits per heavy atom. The molecule has 0 aromatic rings. The summed E-state index contributed by atoms with van der Waals surface area (Å²) in [6.07, 6.45) is 22.3. The van der Waals surface area contributed by atoms with E-state index in [0.29, 0.717) is 37.0 Å². The van der Waals surface area contributed by atoms with Crippen LogP contribution in [0.15, 0.2) is 76.4 Å². The molecule has 3 atom stereocenters. The van der Waals surface area contributed by atoms with Crippen LogP contribution in [0.3, 0.4) is 0 Å². The van der Waals surface area contributed by atoms with Gasteiger partial charge in [0.25, 0.3) is 0 Å². The van der Waals surface area contributed by atoms with Gasteiger partial charge in [-0.15, -0.1) is 0 Å². The van der Waals surface area contributed by atoms with Crippen LogP contribution in [-0.4, -0.2) is 42.0 Å².